The molecule has 2 aliphatic carbocycles. The van der Waals surface area contributed by atoms with Crippen LogP contribution in [0.3, 0.4) is 0 Å². The third-order valence-corrected chi connectivity index (χ3v) is 9.23. The number of ketones is 4. The summed E-state index contributed by atoms with van der Waals surface area (Å²) in [6.45, 7) is 1.79. The number of aromatic hydroxyl groups is 2. The van der Waals surface area contributed by atoms with Crippen LogP contribution in [0.15, 0.2) is 18.2 Å². The second-order valence-electron chi connectivity index (χ2n) is 12.5. The molecule has 1 saturated heterocycles. The summed E-state index contributed by atoms with van der Waals surface area (Å²) < 4.78 is 17.3. The lowest BCUT2D eigenvalue weighted by atomic mass is 9.72. The van der Waals surface area contributed by atoms with Crippen LogP contribution in [0, 0.1) is 0 Å². The monoisotopic (exact) mass is 670 g/mol. The van der Waals surface area contributed by atoms with Crippen molar-refractivity contribution in [2.45, 2.75) is 88.2 Å². The van der Waals surface area contributed by atoms with Crippen LogP contribution in [0.5, 0.6) is 17.2 Å². The van der Waals surface area contributed by atoms with Crippen molar-refractivity contribution in [3.63, 3.8) is 0 Å². The van der Waals surface area contributed by atoms with E-state index >= 15 is 0 Å². The van der Waals surface area contributed by atoms with Gasteiger partial charge in [0.25, 0.3) is 0 Å². The van der Waals surface area contributed by atoms with Gasteiger partial charge in [0.05, 0.1) is 48.1 Å². The molecule has 3 aliphatic rings. The molecular weight excluding hydrogens is 632 g/mol. The van der Waals surface area contributed by atoms with E-state index in [4.69, 9.17) is 19.9 Å². The van der Waals surface area contributed by atoms with Crippen molar-refractivity contribution >= 4 is 29.0 Å². The maximum atomic E-state index is 13.8. The zero-order valence-corrected chi connectivity index (χ0v) is 26.5. The number of methoxy groups -OCH3 is 1. The minimum absolute atomic E-state index is 0.0566. The second kappa shape index (κ2) is 13.3. The number of Topliss-reactive ketones (excluding diaryl/α,β-unsaturated/α-hetero) is 2. The number of ether oxygens (including phenoxy) is 3. The molecule has 1 aliphatic heterocycles. The number of phenols is 2. The Kier molecular flexibility index (Phi) is 9.74. The Morgan fingerprint density at radius 1 is 1.12 bits per heavy atom. The first-order chi connectivity index (χ1) is 22.6. The fraction of sp³-hybridized carbons (Fsp3) is 0.485. The van der Waals surface area contributed by atoms with Gasteiger partial charge in [-0.1, -0.05) is 12.1 Å². The van der Waals surface area contributed by atoms with Crippen LogP contribution < -0.4 is 15.8 Å². The zero-order chi connectivity index (χ0) is 35.2. The maximum absolute atomic E-state index is 13.8. The Morgan fingerprint density at radius 3 is 2.46 bits per heavy atom. The lowest BCUT2D eigenvalue weighted by Crippen LogP contribution is -2.58. The molecule has 3 unspecified atom stereocenters. The molecule has 0 bridgehead atoms. The fourth-order valence-electron chi connectivity index (χ4n) is 6.64. The fourth-order valence-corrected chi connectivity index (χ4v) is 6.64. The molecule has 48 heavy (non-hydrogen) atoms. The summed E-state index contributed by atoms with van der Waals surface area (Å²) >= 11 is 0. The van der Waals surface area contributed by atoms with Crippen LogP contribution in [0.4, 0.5) is 0 Å². The summed E-state index contributed by atoms with van der Waals surface area (Å²) in [5, 5.41) is 57.7. The van der Waals surface area contributed by atoms with Gasteiger partial charge in [-0.3, -0.25) is 19.2 Å². The van der Waals surface area contributed by atoms with Crippen molar-refractivity contribution in [1.82, 2.24) is 5.32 Å². The highest BCUT2D eigenvalue weighted by molar-refractivity contribution is 6.31. The van der Waals surface area contributed by atoms with E-state index in [-0.39, 0.29) is 53.0 Å². The Labute approximate surface area is 274 Å². The largest absolute Gasteiger partial charge is 0.507 e. The number of amides is 1. The molecular formula is C33H38N2O13. The summed E-state index contributed by atoms with van der Waals surface area (Å²) in [5.74, 6) is -4.90. The number of hydrogen-bond acceptors (Lipinski definition) is 14. The van der Waals surface area contributed by atoms with Crippen molar-refractivity contribution in [2.75, 3.05) is 13.7 Å². The third-order valence-electron chi connectivity index (χ3n) is 9.23. The van der Waals surface area contributed by atoms with Gasteiger partial charge in [-0.05, 0) is 26.3 Å². The van der Waals surface area contributed by atoms with E-state index in [1.54, 1.807) is 0 Å². The molecule has 1 heterocycles. The van der Waals surface area contributed by atoms with E-state index in [1.165, 1.54) is 39.2 Å². The van der Waals surface area contributed by atoms with Crippen LogP contribution in [0.1, 0.15) is 88.6 Å². The van der Waals surface area contributed by atoms with Crippen molar-refractivity contribution in [3.8, 4) is 17.2 Å². The average molecular weight is 671 g/mol. The minimum atomic E-state index is -2.34. The smallest absolute Gasteiger partial charge is 0.237 e. The van der Waals surface area contributed by atoms with Gasteiger partial charge in [-0.2, -0.15) is 0 Å². The zero-order valence-electron chi connectivity index (χ0n) is 26.5. The van der Waals surface area contributed by atoms with Crippen LogP contribution in [-0.4, -0.2) is 104 Å². The number of hydrogen-bond donors (Lipinski definition) is 7. The molecule has 258 valence electrons. The topological polar surface area (TPSA) is 252 Å². The van der Waals surface area contributed by atoms with Crippen molar-refractivity contribution in [1.29, 1.82) is 0 Å². The van der Waals surface area contributed by atoms with Crippen molar-refractivity contribution < 1.29 is 63.7 Å². The number of carbonyl (C=O) groups is 5. The molecule has 15 nitrogen and oxygen atoms in total. The molecule has 2 aromatic rings. The van der Waals surface area contributed by atoms with Gasteiger partial charge in [0, 0.05) is 42.4 Å². The van der Waals surface area contributed by atoms with E-state index in [0.29, 0.717) is 0 Å². The van der Waals surface area contributed by atoms with Crippen LogP contribution in [0.2, 0.25) is 0 Å². The summed E-state index contributed by atoms with van der Waals surface area (Å²) in [7, 11) is 1.30. The number of carbonyl (C=O) groups excluding carboxylic acids is 5. The van der Waals surface area contributed by atoms with Gasteiger partial charge < -0.3 is 55.6 Å². The van der Waals surface area contributed by atoms with Gasteiger partial charge in [0.1, 0.15) is 41.3 Å². The molecule has 5 rings (SSSR count). The standard InChI is InChI=1S/C33H38N2O13/c1-13(37)7-8-17(34)32(44)35-18-9-22(47-14(2)27(18)39)48-20-11-33(45,21(38)12-36)10-16-24(20)31(43)26-25(29(16)41)28(40)15-5-4-6-19(46-3)23(15)30(26)42/h4-6,14,17-18,20,22,27,36,39,41,43,45H,7-12,34H2,1-3H3,(H,35,44)/t14?,17?,18?,20-,22-,27-,33-/m0/s1. The van der Waals surface area contributed by atoms with Gasteiger partial charge in [0.15, 0.2) is 17.9 Å². The molecule has 1 fully saturated rings. The average Bonchev–Trinajstić information content (AvgIpc) is 3.05. The number of aliphatic hydroxyl groups excluding tert-OH is 2. The lowest BCUT2D eigenvalue weighted by Gasteiger charge is -2.43. The quantitative estimate of drug-likeness (QED) is 0.139. The van der Waals surface area contributed by atoms with Crippen molar-refractivity contribution in [3.05, 3.63) is 51.6 Å². The first-order valence-electron chi connectivity index (χ1n) is 15.4. The first kappa shape index (κ1) is 35.1. The summed E-state index contributed by atoms with van der Waals surface area (Å²) in [5.41, 5.74) is 1.83. The van der Waals surface area contributed by atoms with Gasteiger partial charge in [-0.25, -0.2) is 0 Å². The van der Waals surface area contributed by atoms with Crippen LogP contribution in [-0.2, 0) is 30.3 Å². The second-order valence-corrected chi connectivity index (χ2v) is 12.5. The maximum Gasteiger partial charge on any atom is 0.237 e. The molecule has 8 N–H and O–H groups in total. The highest BCUT2D eigenvalue weighted by Crippen LogP contribution is 2.52. The van der Waals surface area contributed by atoms with E-state index in [9.17, 15) is 49.5 Å². The van der Waals surface area contributed by atoms with E-state index in [2.05, 4.69) is 5.32 Å². The Balaban J connectivity index is 1.54. The molecule has 1 amide bonds. The normalized spacial score (nSPS) is 26.9. The Morgan fingerprint density at radius 2 is 1.81 bits per heavy atom. The third kappa shape index (κ3) is 6.08. The summed E-state index contributed by atoms with van der Waals surface area (Å²) in [4.78, 5) is 64.4. The highest BCUT2D eigenvalue weighted by Gasteiger charge is 2.50. The number of nitrogens with two attached hydrogens (primary N) is 1. The molecule has 0 radical (unpaired) electrons. The summed E-state index contributed by atoms with van der Waals surface area (Å²) in [6.07, 6.45) is -6.13. The van der Waals surface area contributed by atoms with E-state index in [0.717, 1.165) is 0 Å². The van der Waals surface area contributed by atoms with Crippen LogP contribution in [0.25, 0.3) is 0 Å². The Bertz CT molecular complexity index is 1690. The van der Waals surface area contributed by atoms with Gasteiger partial charge in [0.2, 0.25) is 11.7 Å². The number of aliphatic hydroxyl groups is 3. The number of rotatable bonds is 10. The highest BCUT2D eigenvalue weighted by atomic mass is 16.7. The van der Waals surface area contributed by atoms with Gasteiger partial charge >= 0.3 is 0 Å². The molecule has 0 saturated carbocycles. The summed E-state index contributed by atoms with van der Waals surface area (Å²) in [6, 6.07) is 2.28. The molecule has 7 atom stereocenters. The first-order valence-corrected chi connectivity index (χ1v) is 15.4. The minimum Gasteiger partial charge on any atom is -0.507 e. The van der Waals surface area contributed by atoms with Gasteiger partial charge in [-0.15, -0.1) is 0 Å². The number of nitrogens with one attached hydrogen (secondary N) is 1. The van der Waals surface area contributed by atoms with E-state index < -0.39 is 108 Å². The molecule has 2 aromatic carbocycles. The van der Waals surface area contributed by atoms with Crippen LogP contribution >= 0.6 is 0 Å². The van der Waals surface area contributed by atoms with E-state index in [1.807, 2.05) is 0 Å². The van der Waals surface area contributed by atoms with Crippen molar-refractivity contribution in [2.24, 2.45) is 5.73 Å². The Hall–Kier alpha value is -4.25. The molecule has 0 spiro atoms. The number of benzene rings is 2. The molecule has 0 aromatic heterocycles. The SMILES string of the molecule is COc1cccc2c1C(=O)c1c(O)c3c(c(O)c1C2=O)C[C@@](O)(C(=O)CO)C[C@@H]3O[C@H]1CC(NC(=O)C(N)CCC(C)=O)[C@@H](O)C(C)O1. The molecule has 15 heteroatoms. The number of fused-ring (bicyclic) bond motifs is 3. The number of phenolic OH excluding ortho intramolecular Hbond substituents is 2. The predicted octanol–water partition coefficient (Wildman–Crippen LogP) is -0.145. The predicted molar refractivity (Wildman–Crippen MR) is 164 cm³/mol. The lowest BCUT2D eigenvalue weighted by molar-refractivity contribution is -0.249.